The molecular weight excluding hydrogens is 358 g/mol. The Balaban J connectivity index is 1.29. The molecule has 1 aliphatic heterocycles. The molecule has 2 heterocycles. The van der Waals surface area contributed by atoms with E-state index in [9.17, 15) is 9.59 Å². The van der Waals surface area contributed by atoms with Gasteiger partial charge in [-0.25, -0.2) is 0 Å². The molecule has 1 saturated carbocycles. The van der Waals surface area contributed by atoms with Gasteiger partial charge in [-0.1, -0.05) is 0 Å². The number of carbonyl (C=O) groups is 2. The molecule has 1 saturated heterocycles. The van der Waals surface area contributed by atoms with E-state index in [4.69, 9.17) is 4.74 Å². The van der Waals surface area contributed by atoms with Crippen molar-refractivity contribution in [3.8, 4) is 0 Å². The van der Waals surface area contributed by atoms with Crippen LogP contribution in [0.5, 0.6) is 0 Å². The summed E-state index contributed by atoms with van der Waals surface area (Å²) >= 11 is 0. The number of aromatic amines is 1. The van der Waals surface area contributed by atoms with E-state index < -0.39 is 0 Å². The van der Waals surface area contributed by atoms with E-state index in [1.165, 1.54) is 4.90 Å². The smallest absolute Gasteiger partial charge is 0.274 e. The summed E-state index contributed by atoms with van der Waals surface area (Å²) < 4.78 is 5.36. The van der Waals surface area contributed by atoms with E-state index >= 15 is 0 Å². The Morgan fingerprint density at radius 1 is 1.25 bits per heavy atom. The van der Waals surface area contributed by atoms with Gasteiger partial charge in [0.2, 0.25) is 5.91 Å². The van der Waals surface area contributed by atoms with Crippen LogP contribution in [-0.4, -0.2) is 66.8 Å². The van der Waals surface area contributed by atoms with Gasteiger partial charge < -0.3 is 19.9 Å². The van der Waals surface area contributed by atoms with Crippen molar-refractivity contribution in [2.45, 2.75) is 18.8 Å². The minimum absolute atomic E-state index is 0.0321. The number of anilines is 2. The van der Waals surface area contributed by atoms with Gasteiger partial charge in [0.15, 0.2) is 0 Å². The number of amides is 2. The molecule has 148 valence electrons. The highest BCUT2D eigenvalue weighted by Crippen LogP contribution is 2.39. The summed E-state index contributed by atoms with van der Waals surface area (Å²) in [4.78, 5) is 28.4. The quantitative estimate of drug-likeness (QED) is 0.794. The van der Waals surface area contributed by atoms with Crippen molar-refractivity contribution in [1.82, 2.24) is 15.1 Å². The topological polar surface area (TPSA) is 90.6 Å². The van der Waals surface area contributed by atoms with Crippen molar-refractivity contribution in [3.05, 3.63) is 41.7 Å². The van der Waals surface area contributed by atoms with E-state index in [0.29, 0.717) is 17.3 Å². The summed E-state index contributed by atoms with van der Waals surface area (Å²) in [5, 5.41) is 9.84. The zero-order valence-corrected chi connectivity index (χ0v) is 16.0. The molecule has 1 aromatic carbocycles. The molecule has 2 amide bonds. The fourth-order valence-electron chi connectivity index (χ4n) is 3.31. The van der Waals surface area contributed by atoms with Crippen LogP contribution in [-0.2, 0) is 9.53 Å². The van der Waals surface area contributed by atoms with Crippen LogP contribution in [0.2, 0.25) is 0 Å². The molecule has 28 heavy (non-hydrogen) atoms. The lowest BCUT2D eigenvalue weighted by atomic mass is 10.2. The van der Waals surface area contributed by atoms with Crippen molar-refractivity contribution in [2.24, 2.45) is 0 Å². The molecule has 1 aliphatic carbocycles. The average Bonchev–Trinajstić information content (AvgIpc) is 3.45. The van der Waals surface area contributed by atoms with Crippen molar-refractivity contribution in [1.29, 1.82) is 0 Å². The second kappa shape index (κ2) is 8.02. The SMILES string of the molecule is CN(CC(=O)Nc1ccc(N2CCOCC2)cc1)C(=O)c1cc(C2CC2)[nH]n1. The molecule has 2 fully saturated rings. The number of benzene rings is 1. The van der Waals surface area contributed by atoms with Crippen molar-refractivity contribution in [2.75, 3.05) is 50.1 Å². The third-order valence-electron chi connectivity index (χ3n) is 5.09. The highest BCUT2D eigenvalue weighted by Gasteiger charge is 2.27. The fourth-order valence-corrected chi connectivity index (χ4v) is 3.31. The number of ether oxygens (including phenoxy) is 1. The lowest BCUT2D eigenvalue weighted by Crippen LogP contribution is -2.36. The average molecular weight is 383 g/mol. The lowest BCUT2D eigenvalue weighted by Gasteiger charge is -2.28. The van der Waals surface area contributed by atoms with Gasteiger partial charge in [0, 0.05) is 43.1 Å². The first-order chi connectivity index (χ1) is 13.6. The Labute approximate surface area is 163 Å². The van der Waals surface area contributed by atoms with Gasteiger partial charge >= 0.3 is 0 Å². The van der Waals surface area contributed by atoms with Crippen LogP contribution in [0.4, 0.5) is 11.4 Å². The maximum atomic E-state index is 12.5. The standard InChI is InChI=1S/C20H25N5O3/c1-24(20(27)18-12-17(22-23-18)14-2-3-14)13-19(26)21-15-4-6-16(7-5-15)25-8-10-28-11-9-25/h4-7,12,14H,2-3,8-11,13H2,1H3,(H,21,26)(H,22,23). The number of likely N-dealkylation sites (N-methyl/N-ethyl adjacent to an activating group) is 1. The van der Waals surface area contributed by atoms with Crippen molar-refractivity contribution >= 4 is 23.2 Å². The van der Waals surface area contributed by atoms with Gasteiger partial charge in [-0.3, -0.25) is 14.7 Å². The molecule has 2 aliphatic rings. The number of morpholine rings is 1. The van der Waals surface area contributed by atoms with E-state index in [1.807, 2.05) is 24.3 Å². The Kier molecular flexibility index (Phi) is 5.29. The zero-order valence-electron chi connectivity index (χ0n) is 16.0. The van der Waals surface area contributed by atoms with Crippen LogP contribution in [0.15, 0.2) is 30.3 Å². The number of nitrogens with zero attached hydrogens (tertiary/aromatic N) is 3. The number of hydrogen-bond donors (Lipinski definition) is 2. The molecule has 2 N–H and O–H groups in total. The molecule has 0 atom stereocenters. The molecule has 0 spiro atoms. The summed E-state index contributed by atoms with van der Waals surface area (Å²) in [7, 11) is 1.61. The molecule has 0 radical (unpaired) electrons. The highest BCUT2D eigenvalue weighted by molar-refractivity contribution is 5.98. The Morgan fingerprint density at radius 2 is 1.96 bits per heavy atom. The van der Waals surface area contributed by atoms with E-state index in [1.54, 1.807) is 13.1 Å². The third-order valence-corrected chi connectivity index (χ3v) is 5.09. The van der Waals surface area contributed by atoms with Crippen LogP contribution in [0, 0.1) is 0 Å². The predicted molar refractivity (Wildman–Crippen MR) is 106 cm³/mol. The monoisotopic (exact) mass is 383 g/mol. The number of aromatic nitrogens is 2. The Morgan fingerprint density at radius 3 is 2.64 bits per heavy atom. The number of hydrogen-bond acceptors (Lipinski definition) is 5. The van der Waals surface area contributed by atoms with Crippen LogP contribution < -0.4 is 10.2 Å². The molecule has 8 heteroatoms. The van der Waals surface area contributed by atoms with Crippen LogP contribution in [0.1, 0.15) is 34.9 Å². The second-order valence-corrected chi connectivity index (χ2v) is 7.34. The molecule has 8 nitrogen and oxygen atoms in total. The van der Waals surface area contributed by atoms with Gasteiger partial charge in [-0.2, -0.15) is 5.10 Å². The molecule has 4 rings (SSSR count). The van der Waals surface area contributed by atoms with Crippen molar-refractivity contribution in [3.63, 3.8) is 0 Å². The largest absolute Gasteiger partial charge is 0.378 e. The lowest BCUT2D eigenvalue weighted by molar-refractivity contribution is -0.116. The maximum absolute atomic E-state index is 12.5. The third kappa shape index (κ3) is 4.33. The van der Waals surface area contributed by atoms with Gasteiger partial charge in [0.1, 0.15) is 5.69 Å². The summed E-state index contributed by atoms with van der Waals surface area (Å²) in [6.07, 6.45) is 2.27. The predicted octanol–water partition coefficient (Wildman–Crippen LogP) is 1.83. The van der Waals surface area contributed by atoms with E-state index in [0.717, 1.165) is 50.5 Å². The summed E-state index contributed by atoms with van der Waals surface area (Å²) in [6.45, 7) is 3.17. The summed E-state index contributed by atoms with van der Waals surface area (Å²) in [5.74, 6) is -0.00280. The fraction of sp³-hybridized carbons (Fsp3) is 0.450. The number of nitrogens with one attached hydrogen (secondary N) is 2. The normalized spacial score (nSPS) is 16.7. The van der Waals surface area contributed by atoms with Gasteiger partial charge in [-0.15, -0.1) is 0 Å². The molecule has 0 unspecified atom stereocenters. The second-order valence-electron chi connectivity index (χ2n) is 7.34. The first kappa shape index (κ1) is 18.5. The minimum atomic E-state index is -0.263. The van der Waals surface area contributed by atoms with Crippen LogP contribution in [0.3, 0.4) is 0 Å². The molecule has 1 aromatic heterocycles. The zero-order chi connectivity index (χ0) is 19.5. The van der Waals surface area contributed by atoms with Gasteiger partial charge in [0.05, 0.1) is 19.8 Å². The number of H-pyrrole nitrogens is 1. The Hall–Kier alpha value is -2.87. The first-order valence-corrected chi connectivity index (χ1v) is 9.63. The minimum Gasteiger partial charge on any atom is -0.378 e. The van der Waals surface area contributed by atoms with Crippen LogP contribution in [0.25, 0.3) is 0 Å². The molecule has 2 aromatic rings. The first-order valence-electron chi connectivity index (χ1n) is 9.63. The van der Waals surface area contributed by atoms with E-state index in [2.05, 4.69) is 20.4 Å². The molecular formula is C20H25N5O3. The van der Waals surface area contributed by atoms with Crippen molar-refractivity contribution < 1.29 is 14.3 Å². The highest BCUT2D eigenvalue weighted by atomic mass is 16.5. The number of rotatable bonds is 6. The number of carbonyl (C=O) groups excluding carboxylic acids is 2. The maximum Gasteiger partial charge on any atom is 0.274 e. The van der Waals surface area contributed by atoms with Gasteiger partial charge in [0.25, 0.3) is 5.91 Å². The Bertz CT molecular complexity index is 838. The van der Waals surface area contributed by atoms with E-state index in [-0.39, 0.29) is 18.4 Å². The van der Waals surface area contributed by atoms with Crippen LogP contribution >= 0.6 is 0 Å². The summed E-state index contributed by atoms with van der Waals surface area (Å²) in [6, 6.07) is 9.51. The van der Waals surface area contributed by atoms with Gasteiger partial charge in [-0.05, 0) is 43.2 Å². The summed E-state index contributed by atoms with van der Waals surface area (Å²) in [5.41, 5.74) is 3.17. The molecule has 0 bridgehead atoms.